The molecular weight excluding hydrogens is 280 g/mol. The lowest BCUT2D eigenvalue weighted by Crippen LogP contribution is -2.42. The van der Waals surface area contributed by atoms with Crippen molar-refractivity contribution in [2.45, 2.75) is 38.1 Å². The van der Waals surface area contributed by atoms with Crippen molar-refractivity contribution in [1.29, 1.82) is 5.26 Å². The molecule has 1 aliphatic carbocycles. The quantitative estimate of drug-likeness (QED) is 0.669. The van der Waals surface area contributed by atoms with E-state index in [4.69, 9.17) is 4.74 Å². The number of ether oxygens (including phenoxy) is 1. The number of carbonyl (C=O) groups excluding carboxylic acids is 2. The van der Waals surface area contributed by atoms with Gasteiger partial charge in [-0.25, -0.2) is 0 Å². The van der Waals surface area contributed by atoms with Crippen LogP contribution in [-0.2, 0) is 4.79 Å². The maximum atomic E-state index is 12.3. The topological polar surface area (TPSA) is 79.2 Å². The third-order valence-corrected chi connectivity index (χ3v) is 3.98. The average Bonchev–Trinajstić information content (AvgIpc) is 2.56. The summed E-state index contributed by atoms with van der Waals surface area (Å²) in [7, 11) is 1.53. The van der Waals surface area contributed by atoms with Crippen molar-refractivity contribution in [3.05, 3.63) is 29.8 Å². The highest BCUT2D eigenvalue weighted by Gasteiger charge is 2.29. The zero-order valence-corrected chi connectivity index (χ0v) is 12.7. The van der Waals surface area contributed by atoms with Gasteiger partial charge in [-0.3, -0.25) is 9.59 Å². The van der Waals surface area contributed by atoms with E-state index in [1.54, 1.807) is 24.3 Å². The van der Waals surface area contributed by atoms with Crippen LogP contribution >= 0.6 is 0 Å². The van der Waals surface area contributed by atoms with Crippen LogP contribution < -0.4 is 10.1 Å². The first-order chi connectivity index (χ1) is 10.7. The van der Waals surface area contributed by atoms with Gasteiger partial charge in [-0.1, -0.05) is 19.3 Å². The van der Waals surface area contributed by atoms with Crippen LogP contribution in [0.1, 0.15) is 42.5 Å². The van der Waals surface area contributed by atoms with Gasteiger partial charge < -0.3 is 10.1 Å². The Labute approximate surface area is 130 Å². The minimum atomic E-state index is -1.30. The zero-order chi connectivity index (χ0) is 15.9. The Balaban J connectivity index is 2.04. The number of amides is 1. The molecule has 1 N–H and O–H groups in total. The third-order valence-electron chi connectivity index (χ3n) is 3.98. The van der Waals surface area contributed by atoms with Gasteiger partial charge >= 0.3 is 0 Å². The second-order valence-electron chi connectivity index (χ2n) is 5.50. The first-order valence-corrected chi connectivity index (χ1v) is 7.54. The molecule has 1 aromatic rings. The summed E-state index contributed by atoms with van der Waals surface area (Å²) in [5.41, 5.74) is 0.339. The fourth-order valence-corrected chi connectivity index (χ4v) is 2.69. The summed E-state index contributed by atoms with van der Waals surface area (Å²) >= 11 is 0. The minimum absolute atomic E-state index is 0.0840. The standard InChI is InChI=1S/C17H20N2O3/c1-22-14-9-7-12(8-10-14)16(20)15(11-18)17(21)19-13-5-3-2-4-6-13/h7-10,13,15H,2-6H2,1H3,(H,19,21)/t15-/m1/s1. The van der Waals surface area contributed by atoms with E-state index in [-0.39, 0.29) is 6.04 Å². The summed E-state index contributed by atoms with van der Waals surface area (Å²) in [6, 6.07) is 8.33. The molecule has 0 spiro atoms. The van der Waals surface area contributed by atoms with Crippen LogP contribution in [-0.4, -0.2) is 24.8 Å². The molecule has 0 aromatic heterocycles. The summed E-state index contributed by atoms with van der Waals surface area (Å²) in [5, 5.41) is 12.0. The minimum Gasteiger partial charge on any atom is -0.497 e. The Kier molecular flexibility index (Phi) is 5.54. The number of carbonyl (C=O) groups is 2. The summed E-state index contributed by atoms with van der Waals surface area (Å²) in [6.07, 6.45) is 5.17. The van der Waals surface area contributed by atoms with Gasteiger partial charge in [-0.2, -0.15) is 5.26 Å². The second kappa shape index (κ2) is 7.60. The van der Waals surface area contributed by atoms with Crippen LogP contribution in [0.3, 0.4) is 0 Å². The van der Waals surface area contributed by atoms with Crippen LogP contribution in [0.25, 0.3) is 0 Å². The predicted molar refractivity (Wildman–Crippen MR) is 81.4 cm³/mol. The molecule has 0 radical (unpaired) electrons. The molecule has 0 bridgehead atoms. The molecule has 1 amide bonds. The van der Waals surface area contributed by atoms with E-state index in [9.17, 15) is 14.9 Å². The smallest absolute Gasteiger partial charge is 0.245 e. The lowest BCUT2D eigenvalue weighted by atomic mass is 9.93. The van der Waals surface area contributed by atoms with E-state index in [1.165, 1.54) is 13.5 Å². The van der Waals surface area contributed by atoms with Crippen molar-refractivity contribution in [2.75, 3.05) is 7.11 Å². The molecule has 5 nitrogen and oxygen atoms in total. The number of ketones is 1. The highest BCUT2D eigenvalue weighted by molar-refractivity contribution is 6.12. The van der Waals surface area contributed by atoms with E-state index in [1.807, 2.05) is 6.07 Å². The number of hydrogen-bond donors (Lipinski definition) is 1. The molecule has 1 saturated carbocycles. The largest absolute Gasteiger partial charge is 0.497 e. The van der Waals surface area contributed by atoms with Crippen molar-refractivity contribution in [3.8, 4) is 11.8 Å². The number of methoxy groups -OCH3 is 1. The SMILES string of the molecule is COc1ccc(C(=O)[C@@H](C#N)C(=O)NC2CCCCC2)cc1. The van der Waals surface area contributed by atoms with E-state index >= 15 is 0 Å². The molecule has 116 valence electrons. The van der Waals surface area contributed by atoms with Crippen molar-refractivity contribution in [2.24, 2.45) is 5.92 Å². The van der Waals surface area contributed by atoms with Crippen LogP contribution in [0, 0.1) is 17.2 Å². The number of Topliss-reactive ketones (excluding diaryl/α,β-unsaturated/α-hetero) is 1. The predicted octanol–water partition coefficient (Wildman–Crippen LogP) is 2.47. The number of rotatable bonds is 5. The van der Waals surface area contributed by atoms with Crippen LogP contribution in [0.4, 0.5) is 0 Å². The monoisotopic (exact) mass is 300 g/mol. The van der Waals surface area contributed by atoms with Crippen molar-refractivity contribution >= 4 is 11.7 Å². The van der Waals surface area contributed by atoms with E-state index in [0.717, 1.165) is 25.7 Å². The van der Waals surface area contributed by atoms with E-state index in [0.29, 0.717) is 11.3 Å². The molecule has 1 aromatic carbocycles. The van der Waals surface area contributed by atoms with Gasteiger partial charge in [0.25, 0.3) is 0 Å². The first-order valence-electron chi connectivity index (χ1n) is 7.54. The maximum absolute atomic E-state index is 12.3. The fourth-order valence-electron chi connectivity index (χ4n) is 2.69. The van der Waals surface area contributed by atoms with Gasteiger partial charge in [-0.15, -0.1) is 0 Å². The van der Waals surface area contributed by atoms with E-state index < -0.39 is 17.6 Å². The number of nitriles is 1. The Bertz CT molecular complexity index is 569. The Morgan fingerprint density at radius 3 is 2.41 bits per heavy atom. The normalized spacial score (nSPS) is 16.4. The zero-order valence-electron chi connectivity index (χ0n) is 12.7. The van der Waals surface area contributed by atoms with Crippen molar-refractivity contribution in [1.82, 2.24) is 5.32 Å². The molecule has 1 aliphatic rings. The van der Waals surface area contributed by atoms with Gasteiger partial charge in [0.2, 0.25) is 5.91 Å². The summed E-state index contributed by atoms with van der Waals surface area (Å²) in [6.45, 7) is 0. The van der Waals surface area contributed by atoms with Crippen molar-refractivity contribution in [3.63, 3.8) is 0 Å². The lowest BCUT2D eigenvalue weighted by Gasteiger charge is -2.23. The molecule has 22 heavy (non-hydrogen) atoms. The molecule has 0 heterocycles. The first kappa shape index (κ1) is 16.0. The second-order valence-corrected chi connectivity index (χ2v) is 5.50. The molecule has 2 rings (SSSR count). The number of nitrogens with zero attached hydrogens (tertiary/aromatic N) is 1. The van der Waals surface area contributed by atoms with Gasteiger partial charge in [0.05, 0.1) is 13.2 Å². The third kappa shape index (κ3) is 3.85. The molecule has 1 fully saturated rings. The van der Waals surface area contributed by atoms with Gasteiger partial charge in [-0.05, 0) is 37.1 Å². The Morgan fingerprint density at radius 2 is 1.86 bits per heavy atom. The lowest BCUT2D eigenvalue weighted by molar-refractivity contribution is -0.123. The Morgan fingerprint density at radius 1 is 1.23 bits per heavy atom. The molecular formula is C17H20N2O3. The van der Waals surface area contributed by atoms with Crippen LogP contribution in [0.2, 0.25) is 0 Å². The summed E-state index contributed by atoms with van der Waals surface area (Å²) in [5.74, 6) is -1.64. The summed E-state index contributed by atoms with van der Waals surface area (Å²) in [4.78, 5) is 24.5. The molecule has 1 atom stereocenters. The van der Waals surface area contributed by atoms with E-state index in [2.05, 4.69) is 5.32 Å². The maximum Gasteiger partial charge on any atom is 0.245 e. The van der Waals surface area contributed by atoms with Crippen molar-refractivity contribution < 1.29 is 14.3 Å². The highest BCUT2D eigenvalue weighted by Crippen LogP contribution is 2.19. The molecule has 0 saturated heterocycles. The Hall–Kier alpha value is -2.35. The highest BCUT2D eigenvalue weighted by atomic mass is 16.5. The number of nitrogens with one attached hydrogen (secondary N) is 1. The number of hydrogen-bond acceptors (Lipinski definition) is 4. The number of benzene rings is 1. The molecule has 0 unspecified atom stereocenters. The fraction of sp³-hybridized carbons (Fsp3) is 0.471. The van der Waals surface area contributed by atoms with Gasteiger partial charge in [0.15, 0.2) is 11.7 Å². The summed E-state index contributed by atoms with van der Waals surface area (Å²) < 4.78 is 5.03. The molecule has 5 heteroatoms. The molecule has 0 aliphatic heterocycles. The van der Waals surface area contributed by atoms with Gasteiger partial charge in [0, 0.05) is 11.6 Å². The average molecular weight is 300 g/mol. The van der Waals surface area contributed by atoms with Crippen LogP contribution in [0.5, 0.6) is 5.75 Å². The van der Waals surface area contributed by atoms with Gasteiger partial charge in [0.1, 0.15) is 5.75 Å². The van der Waals surface area contributed by atoms with Crippen LogP contribution in [0.15, 0.2) is 24.3 Å².